The van der Waals surface area contributed by atoms with Crippen LogP contribution in [0.2, 0.25) is 0 Å². The van der Waals surface area contributed by atoms with E-state index in [1.54, 1.807) is 6.33 Å². The molecule has 1 aromatic heterocycles. The minimum absolute atomic E-state index is 0.171. The first-order valence-corrected chi connectivity index (χ1v) is 6.09. The number of carbonyl (C=O) groups excluding carboxylic acids is 1. The highest BCUT2D eigenvalue weighted by Gasteiger charge is 2.18. The van der Waals surface area contributed by atoms with Gasteiger partial charge in [0.2, 0.25) is 0 Å². The minimum atomic E-state index is -0.171. The van der Waals surface area contributed by atoms with Crippen molar-refractivity contribution < 1.29 is 9.53 Å². The first-order valence-electron chi connectivity index (χ1n) is 6.09. The molecule has 1 aromatic rings. The van der Waals surface area contributed by atoms with Crippen LogP contribution >= 0.6 is 0 Å². The summed E-state index contributed by atoms with van der Waals surface area (Å²) in [7, 11) is 1.42. The third-order valence-electron chi connectivity index (χ3n) is 3.29. The maximum absolute atomic E-state index is 11.1. The Morgan fingerprint density at radius 2 is 2.35 bits per heavy atom. The van der Waals surface area contributed by atoms with Crippen LogP contribution in [0.4, 0.5) is 0 Å². The van der Waals surface area contributed by atoms with Crippen molar-refractivity contribution >= 4 is 5.97 Å². The fraction of sp³-hybridized carbons (Fsp3) is 0.667. The molecule has 94 valence electrons. The lowest BCUT2D eigenvalue weighted by Gasteiger charge is -2.23. The second-order valence-corrected chi connectivity index (χ2v) is 4.36. The van der Waals surface area contributed by atoms with Crippen molar-refractivity contribution in [2.45, 2.75) is 31.7 Å². The lowest BCUT2D eigenvalue weighted by molar-refractivity contribution is -0.140. The number of aromatic nitrogens is 2. The minimum Gasteiger partial charge on any atom is -0.469 e. The van der Waals surface area contributed by atoms with Crippen molar-refractivity contribution in [3.63, 3.8) is 0 Å². The number of aryl methyl sites for hydroxylation is 1. The number of hydrogen-bond donors (Lipinski definition) is 1. The predicted octanol–water partition coefficient (Wildman–Crippen LogP) is 0.913. The highest BCUT2D eigenvalue weighted by atomic mass is 16.5. The van der Waals surface area contributed by atoms with Gasteiger partial charge in [0.25, 0.3) is 0 Å². The molecule has 2 rings (SSSR count). The lowest BCUT2D eigenvalue weighted by atomic mass is 9.95. The third-order valence-corrected chi connectivity index (χ3v) is 3.29. The molecule has 0 unspecified atom stereocenters. The Hall–Kier alpha value is -1.36. The van der Waals surface area contributed by atoms with E-state index in [0.29, 0.717) is 18.9 Å². The molecule has 2 heterocycles. The van der Waals surface area contributed by atoms with E-state index in [1.165, 1.54) is 12.8 Å². The van der Waals surface area contributed by atoms with Gasteiger partial charge in [0.15, 0.2) is 0 Å². The van der Waals surface area contributed by atoms with E-state index in [9.17, 15) is 4.79 Å². The summed E-state index contributed by atoms with van der Waals surface area (Å²) >= 11 is 0. The normalized spacial score (nSPS) is 17.0. The van der Waals surface area contributed by atoms with Gasteiger partial charge in [-0.05, 0) is 25.9 Å². The topological polar surface area (TPSA) is 56.2 Å². The number of ether oxygens (including phenoxy) is 1. The molecular formula is C12H19N3O2. The third kappa shape index (κ3) is 3.06. The van der Waals surface area contributed by atoms with Crippen molar-refractivity contribution in [3.05, 3.63) is 18.2 Å². The summed E-state index contributed by atoms with van der Waals surface area (Å²) in [5.41, 5.74) is 1.25. The van der Waals surface area contributed by atoms with Crippen LogP contribution in [0.1, 0.15) is 30.9 Å². The van der Waals surface area contributed by atoms with Gasteiger partial charge in [-0.2, -0.15) is 0 Å². The summed E-state index contributed by atoms with van der Waals surface area (Å²) in [4.78, 5) is 15.3. The van der Waals surface area contributed by atoms with Crippen molar-refractivity contribution in [1.82, 2.24) is 14.9 Å². The fourth-order valence-corrected chi connectivity index (χ4v) is 2.29. The van der Waals surface area contributed by atoms with Gasteiger partial charge in [-0.15, -0.1) is 0 Å². The molecule has 0 aromatic carbocycles. The Balaban J connectivity index is 1.98. The number of piperidine rings is 1. The van der Waals surface area contributed by atoms with E-state index < -0.39 is 0 Å². The number of rotatable bonds is 4. The van der Waals surface area contributed by atoms with Crippen LogP contribution in [0.15, 0.2) is 12.5 Å². The average molecular weight is 237 g/mol. The van der Waals surface area contributed by atoms with Gasteiger partial charge < -0.3 is 14.6 Å². The van der Waals surface area contributed by atoms with Crippen molar-refractivity contribution in [2.24, 2.45) is 0 Å². The second-order valence-electron chi connectivity index (χ2n) is 4.36. The summed E-state index contributed by atoms with van der Waals surface area (Å²) in [6, 6.07) is 0. The average Bonchev–Trinajstić information content (AvgIpc) is 2.85. The van der Waals surface area contributed by atoms with E-state index in [1.807, 2.05) is 6.20 Å². The maximum atomic E-state index is 11.1. The summed E-state index contributed by atoms with van der Waals surface area (Å²) in [5.74, 6) is 0.395. The molecule has 5 nitrogen and oxygen atoms in total. The zero-order valence-corrected chi connectivity index (χ0v) is 10.2. The summed E-state index contributed by atoms with van der Waals surface area (Å²) in [5, 5.41) is 3.35. The van der Waals surface area contributed by atoms with Crippen molar-refractivity contribution in [3.8, 4) is 0 Å². The van der Waals surface area contributed by atoms with E-state index in [2.05, 4.69) is 19.6 Å². The Labute approximate surface area is 101 Å². The Morgan fingerprint density at radius 3 is 3.06 bits per heavy atom. The second kappa shape index (κ2) is 5.82. The fourth-order valence-electron chi connectivity index (χ4n) is 2.29. The van der Waals surface area contributed by atoms with Crippen LogP contribution < -0.4 is 5.32 Å². The Bertz CT molecular complexity index is 370. The molecule has 1 fully saturated rings. The number of hydrogen-bond acceptors (Lipinski definition) is 4. The van der Waals surface area contributed by atoms with E-state index in [-0.39, 0.29) is 5.97 Å². The first-order chi connectivity index (χ1) is 8.31. The molecule has 0 atom stereocenters. The number of esters is 1. The highest BCUT2D eigenvalue weighted by molar-refractivity contribution is 5.68. The molecule has 1 aliphatic heterocycles. The molecule has 0 saturated carbocycles. The van der Waals surface area contributed by atoms with Gasteiger partial charge in [-0.3, -0.25) is 4.79 Å². The molecule has 1 saturated heterocycles. The molecule has 0 radical (unpaired) electrons. The van der Waals surface area contributed by atoms with E-state index in [4.69, 9.17) is 0 Å². The summed E-state index contributed by atoms with van der Waals surface area (Å²) < 4.78 is 6.73. The number of nitrogens with one attached hydrogen (secondary N) is 1. The standard InChI is InChI=1S/C12H19N3O2/c1-17-12(16)4-7-15-9-14-8-11(15)10-2-5-13-6-3-10/h8-10,13H,2-7H2,1H3. The smallest absolute Gasteiger partial charge is 0.307 e. The Morgan fingerprint density at radius 1 is 1.59 bits per heavy atom. The highest BCUT2D eigenvalue weighted by Crippen LogP contribution is 2.24. The van der Waals surface area contributed by atoms with E-state index in [0.717, 1.165) is 25.9 Å². The summed E-state index contributed by atoms with van der Waals surface area (Å²) in [6.45, 7) is 2.78. The molecule has 0 amide bonds. The molecular weight excluding hydrogens is 218 g/mol. The molecule has 0 aliphatic carbocycles. The number of imidazole rings is 1. The van der Waals surface area contributed by atoms with Crippen LogP contribution in [0.25, 0.3) is 0 Å². The van der Waals surface area contributed by atoms with Gasteiger partial charge in [0.1, 0.15) is 0 Å². The molecule has 5 heteroatoms. The van der Waals surface area contributed by atoms with Crippen LogP contribution in [0.3, 0.4) is 0 Å². The number of carbonyl (C=O) groups is 1. The van der Waals surface area contributed by atoms with Gasteiger partial charge in [-0.25, -0.2) is 4.98 Å². The van der Waals surface area contributed by atoms with Gasteiger partial charge in [0, 0.05) is 24.4 Å². The van der Waals surface area contributed by atoms with Crippen LogP contribution in [0.5, 0.6) is 0 Å². The molecule has 17 heavy (non-hydrogen) atoms. The lowest BCUT2D eigenvalue weighted by Crippen LogP contribution is -2.27. The maximum Gasteiger partial charge on any atom is 0.307 e. The van der Waals surface area contributed by atoms with Crippen molar-refractivity contribution in [1.29, 1.82) is 0 Å². The first kappa shape index (κ1) is 12.1. The van der Waals surface area contributed by atoms with Gasteiger partial charge >= 0.3 is 5.97 Å². The van der Waals surface area contributed by atoms with Crippen molar-refractivity contribution in [2.75, 3.05) is 20.2 Å². The van der Waals surface area contributed by atoms with Gasteiger partial charge in [-0.1, -0.05) is 0 Å². The van der Waals surface area contributed by atoms with Crippen LogP contribution in [0, 0.1) is 0 Å². The number of methoxy groups -OCH3 is 1. The molecule has 1 N–H and O–H groups in total. The molecule has 0 bridgehead atoms. The zero-order valence-electron chi connectivity index (χ0n) is 10.2. The molecule has 1 aliphatic rings. The Kier molecular flexibility index (Phi) is 4.14. The van der Waals surface area contributed by atoms with Crippen LogP contribution in [-0.2, 0) is 16.1 Å². The predicted molar refractivity (Wildman–Crippen MR) is 63.7 cm³/mol. The SMILES string of the molecule is COC(=O)CCn1cncc1C1CCNCC1. The quantitative estimate of drug-likeness (QED) is 0.791. The number of nitrogens with zero attached hydrogens (tertiary/aromatic N) is 2. The van der Waals surface area contributed by atoms with Gasteiger partial charge in [0.05, 0.1) is 19.9 Å². The van der Waals surface area contributed by atoms with Crippen LogP contribution in [-0.4, -0.2) is 35.7 Å². The summed E-state index contributed by atoms with van der Waals surface area (Å²) in [6.07, 6.45) is 6.42. The molecule has 0 spiro atoms. The zero-order chi connectivity index (χ0) is 12.1. The monoisotopic (exact) mass is 237 g/mol. The van der Waals surface area contributed by atoms with E-state index >= 15 is 0 Å². The largest absolute Gasteiger partial charge is 0.469 e.